The van der Waals surface area contributed by atoms with Crippen molar-refractivity contribution in [1.29, 1.82) is 0 Å². The van der Waals surface area contributed by atoms with Crippen LogP contribution in [0.2, 0.25) is 0 Å². The molecule has 5 heteroatoms. The van der Waals surface area contributed by atoms with Crippen molar-refractivity contribution in [3.05, 3.63) is 12.4 Å². The van der Waals surface area contributed by atoms with Crippen LogP contribution in [-0.4, -0.2) is 35.7 Å². The second kappa shape index (κ2) is 6.39. The average molecular weight is 236 g/mol. The Balaban J connectivity index is 1.64. The summed E-state index contributed by atoms with van der Waals surface area (Å²) in [7, 11) is 0. The fourth-order valence-electron chi connectivity index (χ4n) is 1.55. The van der Waals surface area contributed by atoms with Crippen molar-refractivity contribution < 1.29 is 4.74 Å². The van der Waals surface area contributed by atoms with Crippen LogP contribution in [-0.2, 0) is 0 Å². The maximum absolute atomic E-state index is 5.29. The number of nitrogens with one attached hydrogen (secondary N) is 2. The second-order valence-corrected chi connectivity index (χ2v) is 4.18. The minimum Gasteiger partial charge on any atom is -0.477 e. The summed E-state index contributed by atoms with van der Waals surface area (Å²) in [5.74, 6) is 1.36. The lowest BCUT2D eigenvalue weighted by molar-refractivity contribution is 0.325. The quantitative estimate of drug-likeness (QED) is 0.669. The molecule has 1 aliphatic carbocycles. The summed E-state index contributed by atoms with van der Waals surface area (Å²) in [4.78, 5) is 8.37. The fourth-order valence-corrected chi connectivity index (χ4v) is 1.55. The summed E-state index contributed by atoms with van der Waals surface area (Å²) in [5.41, 5.74) is 0. The van der Waals surface area contributed by atoms with E-state index in [2.05, 4.69) is 20.6 Å². The molecule has 5 nitrogen and oxygen atoms in total. The number of hydrogen-bond acceptors (Lipinski definition) is 5. The average Bonchev–Trinajstić information content (AvgIpc) is 3.14. The number of ether oxygens (including phenoxy) is 1. The molecule has 0 radical (unpaired) electrons. The largest absolute Gasteiger partial charge is 0.477 e. The Hall–Kier alpha value is -1.36. The molecule has 0 aromatic carbocycles. The highest BCUT2D eigenvalue weighted by Gasteiger charge is 2.19. The van der Waals surface area contributed by atoms with Crippen molar-refractivity contribution in [2.75, 3.05) is 25.0 Å². The van der Waals surface area contributed by atoms with E-state index in [-0.39, 0.29) is 0 Å². The SMILES string of the molecule is CCOc1cncc(NCCCNC2CC2)n1. The molecule has 1 aromatic heterocycles. The van der Waals surface area contributed by atoms with Crippen molar-refractivity contribution in [1.82, 2.24) is 15.3 Å². The zero-order valence-corrected chi connectivity index (χ0v) is 10.3. The van der Waals surface area contributed by atoms with Gasteiger partial charge in [0.05, 0.1) is 19.0 Å². The Kier molecular flexibility index (Phi) is 4.55. The molecule has 2 rings (SSSR count). The Morgan fingerprint density at radius 3 is 3.00 bits per heavy atom. The molecule has 0 spiro atoms. The topological polar surface area (TPSA) is 59.1 Å². The summed E-state index contributed by atoms with van der Waals surface area (Å²) in [6, 6.07) is 0.788. The van der Waals surface area contributed by atoms with Gasteiger partial charge in [0.1, 0.15) is 5.82 Å². The molecule has 94 valence electrons. The highest BCUT2D eigenvalue weighted by molar-refractivity contribution is 5.32. The van der Waals surface area contributed by atoms with E-state index >= 15 is 0 Å². The lowest BCUT2D eigenvalue weighted by Crippen LogP contribution is -2.20. The van der Waals surface area contributed by atoms with Gasteiger partial charge in [-0.05, 0) is 32.7 Å². The number of aromatic nitrogens is 2. The normalized spacial score (nSPS) is 14.6. The zero-order chi connectivity index (χ0) is 11.9. The lowest BCUT2D eigenvalue weighted by atomic mass is 10.4. The summed E-state index contributed by atoms with van der Waals surface area (Å²) in [5, 5.41) is 6.72. The molecule has 0 unspecified atom stereocenters. The fraction of sp³-hybridized carbons (Fsp3) is 0.667. The van der Waals surface area contributed by atoms with Gasteiger partial charge in [-0.1, -0.05) is 0 Å². The predicted octanol–water partition coefficient (Wildman–Crippen LogP) is 1.43. The summed E-state index contributed by atoms with van der Waals surface area (Å²) < 4.78 is 5.29. The second-order valence-electron chi connectivity index (χ2n) is 4.18. The maximum atomic E-state index is 5.29. The van der Waals surface area contributed by atoms with Gasteiger partial charge in [-0.2, -0.15) is 4.98 Å². The molecule has 1 aromatic rings. The Bertz CT molecular complexity index is 341. The van der Waals surface area contributed by atoms with Gasteiger partial charge in [0.15, 0.2) is 0 Å². The van der Waals surface area contributed by atoms with E-state index in [1.54, 1.807) is 12.4 Å². The molecule has 1 aliphatic rings. The van der Waals surface area contributed by atoms with Crippen molar-refractivity contribution >= 4 is 5.82 Å². The molecule has 17 heavy (non-hydrogen) atoms. The lowest BCUT2D eigenvalue weighted by Gasteiger charge is -2.07. The first-order chi connectivity index (χ1) is 8.38. The van der Waals surface area contributed by atoms with E-state index in [1.165, 1.54) is 12.8 Å². The van der Waals surface area contributed by atoms with Crippen molar-refractivity contribution in [2.24, 2.45) is 0 Å². The van der Waals surface area contributed by atoms with Gasteiger partial charge in [0, 0.05) is 12.6 Å². The molecule has 0 saturated heterocycles. The first-order valence-electron chi connectivity index (χ1n) is 6.30. The third-order valence-electron chi connectivity index (χ3n) is 2.57. The standard InChI is InChI=1S/C12H20N4O/c1-2-17-12-9-13-8-11(16-12)15-7-3-6-14-10-4-5-10/h8-10,14H,2-7H2,1H3,(H,15,16). The number of anilines is 1. The molecule has 0 aliphatic heterocycles. The molecule has 1 heterocycles. The van der Waals surface area contributed by atoms with E-state index < -0.39 is 0 Å². The van der Waals surface area contributed by atoms with Crippen LogP contribution in [0.3, 0.4) is 0 Å². The summed E-state index contributed by atoms with van der Waals surface area (Å²) >= 11 is 0. The van der Waals surface area contributed by atoms with Crippen LogP contribution in [0.15, 0.2) is 12.4 Å². The number of nitrogens with zero attached hydrogens (tertiary/aromatic N) is 2. The van der Waals surface area contributed by atoms with Crippen LogP contribution in [0.5, 0.6) is 5.88 Å². The van der Waals surface area contributed by atoms with Crippen LogP contribution < -0.4 is 15.4 Å². The Morgan fingerprint density at radius 2 is 2.24 bits per heavy atom. The molecule has 0 amide bonds. The highest BCUT2D eigenvalue weighted by atomic mass is 16.5. The van der Waals surface area contributed by atoms with E-state index in [1.807, 2.05) is 6.92 Å². The molecule has 2 N–H and O–H groups in total. The zero-order valence-electron chi connectivity index (χ0n) is 10.3. The molecule has 0 atom stereocenters. The third kappa shape index (κ3) is 4.56. The number of hydrogen-bond donors (Lipinski definition) is 2. The van der Waals surface area contributed by atoms with Gasteiger partial charge in [0.25, 0.3) is 0 Å². The first kappa shape index (κ1) is 12.1. The van der Waals surface area contributed by atoms with Crippen molar-refractivity contribution in [2.45, 2.75) is 32.2 Å². The van der Waals surface area contributed by atoms with E-state index in [0.717, 1.165) is 31.4 Å². The Morgan fingerprint density at radius 1 is 1.35 bits per heavy atom. The number of rotatable bonds is 8. The third-order valence-corrected chi connectivity index (χ3v) is 2.57. The van der Waals surface area contributed by atoms with E-state index in [4.69, 9.17) is 4.74 Å². The van der Waals surface area contributed by atoms with E-state index in [9.17, 15) is 0 Å². The monoisotopic (exact) mass is 236 g/mol. The molecule has 1 fully saturated rings. The molecule has 1 saturated carbocycles. The minimum absolute atomic E-state index is 0.577. The van der Waals surface area contributed by atoms with Crippen LogP contribution in [0.1, 0.15) is 26.2 Å². The van der Waals surface area contributed by atoms with Crippen molar-refractivity contribution in [3.8, 4) is 5.88 Å². The predicted molar refractivity (Wildman–Crippen MR) is 67.3 cm³/mol. The van der Waals surface area contributed by atoms with Gasteiger partial charge in [-0.25, -0.2) is 0 Å². The van der Waals surface area contributed by atoms with Gasteiger partial charge < -0.3 is 15.4 Å². The van der Waals surface area contributed by atoms with Crippen molar-refractivity contribution in [3.63, 3.8) is 0 Å². The summed E-state index contributed by atoms with van der Waals surface area (Å²) in [6.07, 6.45) is 7.13. The van der Waals surface area contributed by atoms with Crippen LogP contribution in [0.4, 0.5) is 5.82 Å². The molecule has 0 bridgehead atoms. The minimum atomic E-state index is 0.577. The first-order valence-corrected chi connectivity index (χ1v) is 6.30. The van der Waals surface area contributed by atoms with Gasteiger partial charge in [-0.3, -0.25) is 4.98 Å². The van der Waals surface area contributed by atoms with Gasteiger partial charge in [-0.15, -0.1) is 0 Å². The Labute approximate surface area is 102 Å². The highest BCUT2D eigenvalue weighted by Crippen LogP contribution is 2.18. The van der Waals surface area contributed by atoms with E-state index in [0.29, 0.717) is 12.5 Å². The molecular weight excluding hydrogens is 216 g/mol. The smallest absolute Gasteiger partial charge is 0.234 e. The van der Waals surface area contributed by atoms with Gasteiger partial charge >= 0.3 is 0 Å². The molecular formula is C12H20N4O. The van der Waals surface area contributed by atoms with Crippen LogP contribution in [0, 0.1) is 0 Å². The summed E-state index contributed by atoms with van der Waals surface area (Å²) in [6.45, 7) is 4.52. The van der Waals surface area contributed by atoms with Crippen LogP contribution in [0.25, 0.3) is 0 Å². The van der Waals surface area contributed by atoms with Gasteiger partial charge in [0.2, 0.25) is 5.88 Å². The maximum Gasteiger partial charge on any atom is 0.234 e. The van der Waals surface area contributed by atoms with Crippen LogP contribution >= 0.6 is 0 Å².